The van der Waals surface area contributed by atoms with Crippen molar-refractivity contribution in [2.24, 2.45) is 5.73 Å². The summed E-state index contributed by atoms with van der Waals surface area (Å²) in [5.41, 5.74) is 8.38. The molecule has 1 fully saturated rings. The summed E-state index contributed by atoms with van der Waals surface area (Å²) in [4.78, 5) is 14.1. The second kappa shape index (κ2) is 5.83. The first kappa shape index (κ1) is 13.4. The van der Waals surface area contributed by atoms with Gasteiger partial charge in [0.15, 0.2) is 0 Å². The van der Waals surface area contributed by atoms with E-state index in [1.807, 2.05) is 0 Å². The molecule has 0 aromatic heterocycles. The van der Waals surface area contributed by atoms with E-state index in [-0.39, 0.29) is 5.91 Å². The summed E-state index contributed by atoms with van der Waals surface area (Å²) in [6.45, 7) is 2.51. The second-order valence-corrected chi connectivity index (χ2v) is 5.87. The van der Waals surface area contributed by atoms with E-state index in [2.05, 4.69) is 34.5 Å². The Morgan fingerprint density at radius 1 is 1.35 bits per heavy atom. The van der Waals surface area contributed by atoms with Crippen LogP contribution >= 0.6 is 0 Å². The monoisotopic (exact) mass is 273 g/mol. The van der Waals surface area contributed by atoms with Gasteiger partial charge in [-0.05, 0) is 37.4 Å². The van der Waals surface area contributed by atoms with Crippen LogP contribution in [0.25, 0.3) is 0 Å². The van der Waals surface area contributed by atoms with Crippen molar-refractivity contribution < 1.29 is 4.79 Å². The Hall–Kier alpha value is -1.55. The third kappa shape index (κ3) is 2.96. The standard InChI is InChI=1S/C16H23N3O/c17-9-7-12-11-19(15-4-2-1-3-14(12)15)10-8-16(20)18-13-5-6-13/h1-4,12-13H,5-11,17H2,(H,18,20). The van der Waals surface area contributed by atoms with Gasteiger partial charge in [0.25, 0.3) is 0 Å². The minimum atomic E-state index is 0.187. The van der Waals surface area contributed by atoms with Crippen LogP contribution in [0.2, 0.25) is 0 Å². The number of nitrogens with one attached hydrogen (secondary N) is 1. The van der Waals surface area contributed by atoms with Crippen LogP contribution in [-0.2, 0) is 4.79 Å². The van der Waals surface area contributed by atoms with Gasteiger partial charge < -0.3 is 16.0 Å². The van der Waals surface area contributed by atoms with E-state index >= 15 is 0 Å². The highest BCUT2D eigenvalue weighted by Gasteiger charge is 2.28. The van der Waals surface area contributed by atoms with Crippen molar-refractivity contribution in [3.05, 3.63) is 29.8 Å². The van der Waals surface area contributed by atoms with Crippen LogP contribution in [0.1, 0.15) is 37.2 Å². The number of para-hydroxylation sites is 1. The molecule has 3 N–H and O–H groups in total. The van der Waals surface area contributed by atoms with Crippen LogP contribution < -0.4 is 16.0 Å². The van der Waals surface area contributed by atoms with Gasteiger partial charge >= 0.3 is 0 Å². The maximum Gasteiger partial charge on any atom is 0.221 e. The minimum Gasteiger partial charge on any atom is -0.370 e. The van der Waals surface area contributed by atoms with E-state index in [0.717, 1.165) is 38.9 Å². The van der Waals surface area contributed by atoms with E-state index in [0.29, 0.717) is 18.4 Å². The number of hydrogen-bond acceptors (Lipinski definition) is 3. The largest absolute Gasteiger partial charge is 0.370 e. The van der Waals surface area contributed by atoms with E-state index in [9.17, 15) is 4.79 Å². The lowest BCUT2D eigenvalue weighted by molar-refractivity contribution is -0.121. The summed E-state index contributed by atoms with van der Waals surface area (Å²) in [6, 6.07) is 8.97. The number of nitrogens with two attached hydrogens (primary N) is 1. The lowest BCUT2D eigenvalue weighted by Crippen LogP contribution is -2.31. The maximum absolute atomic E-state index is 11.8. The summed E-state index contributed by atoms with van der Waals surface area (Å²) < 4.78 is 0. The molecule has 1 aliphatic carbocycles. The number of nitrogens with zero attached hydrogens (tertiary/aromatic N) is 1. The van der Waals surface area contributed by atoms with Crippen molar-refractivity contribution in [2.45, 2.75) is 37.6 Å². The van der Waals surface area contributed by atoms with E-state index in [1.54, 1.807) is 0 Å². The molecule has 2 aliphatic rings. The summed E-state index contributed by atoms with van der Waals surface area (Å²) in [5.74, 6) is 0.704. The Labute approximate surface area is 120 Å². The predicted octanol–water partition coefficient (Wildman–Crippen LogP) is 1.61. The normalized spacial score (nSPS) is 20.9. The summed E-state index contributed by atoms with van der Waals surface area (Å²) in [6.07, 6.45) is 3.90. The molecule has 0 saturated heterocycles. The van der Waals surface area contributed by atoms with Crippen LogP contribution in [0.5, 0.6) is 0 Å². The third-order valence-corrected chi connectivity index (χ3v) is 4.22. The number of benzene rings is 1. The minimum absolute atomic E-state index is 0.187. The molecule has 0 spiro atoms. The topological polar surface area (TPSA) is 58.4 Å². The summed E-state index contributed by atoms with van der Waals surface area (Å²) in [7, 11) is 0. The molecule has 4 heteroatoms. The number of rotatable bonds is 6. The molecule has 1 aromatic rings. The Morgan fingerprint density at radius 3 is 2.90 bits per heavy atom. The van der Waals surface area contributed by atoms with Crippen molar-refractivity contribution >= 4 is 11.6 Å². The van der Waals surface area contributed by atoms with Crippen molar-refractivity contribution in [2.75, 3.05) is 24.5 Å². The second-order valence-electron chi connectivity index (χ2n) is 5.87. The van der Waals surface area contributed by atoms with Gasteiger partial charge in [0.1, 0.15) is 0 Å². The zero-order valence-corrected chi connectivity index (χ0v) is 11.8. The average Bonchev–Trinajstić information content (AvgIpc) is 3.19. The molecule has 1 aliphatic heterocycles. The van der Waals surface area contributed by atoms with E-state index in [1.165, 1.54) is 11.3 Å². The first-order chi connectivity index (χ1) is 9.78. The molecular formula is C16H23N3O. The Morgan fingerprint density at radius 2 is 2.15 bits per heavy atom. The number of anilines is 1. The van der Waals surface area contributed by atoms with Crippen LogP contribution in [0, 0.1) is 0 Å². The summed E-state index contributed by atoms with van der Waals surface area (Å²) >= 11 is 0. The molecule has 1 aromatic carbocycles. The fourth-order valence-electron chi connectivity index (χ4n) is 3.01. The molecule has 1 heterocycles. The number of carbonyl (C=O) groups is 1. The van der Waals surface area contributed by atoms with Crippen molar-refractivity contribution in [1.29, 1.82) is 0 Å². The van der Waals surface area contributed by atoms with Gasteiger partial charge in [0, 0.05) is 37.2 Å². The number of carbonyl (C=O) groups excluding carboxylic acids is 1. The predicted molar refractivity (Wildman–Crippen MR) is 80.8 cm³/mol. The van der Waals surface area contributed by atoms with E-state index in [4.69, 9.17) is 5.73 Å². The molecular weight excluding hydrogens is 250 g/mol. The van der Waals surface area contributed by atoms with Gasteiger partial charge in [0.05, 0.1) is 0 Å². The first-order valence-corrected chi connectivity index (χ1v) is 7.61. The van der Waals surface area contributed by atoms with Crippen LogP contribution in [0.3, 0.4) is 0 Å². The molecule has 0 bridgehead atoms. The van der Waals surface area contributed by atoms with Crippen molar-refractivity contribution in [1.82, 2.24) is 5.32 Å². The molecule has 1 atom stereocenters. The number of fused-ring (bicyclic) bond motifs is 1. The number of amides is 1. The molecule has 108 valence electrons. The first-order valence-electron chi connectivity index (χ1n) is 7.61. The Kier molecular flexibility index (Phi) is 3.92. The summed E-state index contributed by atoms with van der Waals surface area (Å²) in [5, 5.41) is 3.05. The van der Waals surface area contributed by atoms with Crippen LogP contribution in [0.15, 0.2) is 24.3 Å². The van der Waals surface area contributed by atoms with Gasteiger partial charge in [-0.25, -0.2) is 0 Å². The molecule has 1 saturated carbocycles. The average molecular weight is 273 g/mol. The van der Waals surface area contributed by atoms with Gasteiger partial charge in [-0.15, -0.1) is 0 Å². The third-order valence-electron chi connectivity index (χ3n) is 4.22. The van der Waals surface area contributed by atoms with Gasteiger partial charge in [-0.1, -0.05) is 18.2 Å². The Balaban J connectivity index is 1.60. The van der Waals surface area contributed by atoms with Gasteiger partial charge in [0.2, 0.25) is 5.91 Å². The highest BCUT2D eigenvalue weighted by molar-refractivity contribution is 5.77. The molecule has 4 nitrogen and oxygen atoms in total. The lowest BCUT2D eigenvalue weighted by atomic mass is 9.98. The smallest absolute Gasteiger partial charge is 0.221 e. The fraction of sp³-hybridized carbons (Fsp3) is 0.562. The molecule has 3 rings (SSSR count). The maximum atomic E-state index is 11.8. The molecule has 20 heavy (non-hydrogen) atoms. The molecule has 1 amide bonds. The zero-order chi connectivity index (χ0) is 13.9. The number of hydrogen-bond donors (Lipinski definition) is 2. The van der Waals surface area contributed by atoms with Gasteiger partial charge in [-0.2, -0.15) is 0 Å². The zero-order valence-electron chi connectivity index (χ0n) is 11.8. The fourth-order valence-corrected chi connectivity index (χ4v) is 3.01. The lowest BCUT2D eigenvalue weighted by Gasteiger charge is -2.19. The van der Waals surface area contributed by atoms with Crippen molar-refractivity contribution in [3.8, 4) is 0 Å². The van der Waals surface area contributed by atoms with Crippen molar-refractivity contribution in [3.63, 3.8) is 0 Å². The SMILES string of the molecule is NCCC1CN(CCC(=O)NC2CC2)c2ccccc21. The molecule has 1 unspecified atom stereocenters. The Bertz CT molecular complexity index is 484. The highest BCUT2D eigenvalue weighted by Crippen LogP contribution is 2.37. The van der Waals surface area contributed by atoms with Crippen LogP contribution in [0.4, 0.5) is 5.69 Å². The van der Waals surface area contributed by atoms with Crippen LogP contribution in [-0.4, -0.2) is 31.6 Å². The quantitative estimate of drug-likeness (QED) is 0.828. The molecule has 0 radical (unpaired) electrons. The van der Waals surface area contributed by atoms with Gasteiger partial charge in [-0.3, -0.25) is 4.79 Å². The highest BCUT2D eigenvalue weighted by atomic mass is 16.1. The van der Waals surface area contributed by atoms with E-state index < -0.39 is 0 Å².